The van der Waals surface area contributed by atoms with Gasteiger partial charge in [0.15, 0.2) is 5.78 Å². The molecule has 0 radical (unpaired) electrons. The summed E-state index contributed by atoms with van der Waals surface area (Å²) in [6.45, 7) is 6.34. The molecule has 0 spiro atoms. The van der Waals surface area contributed by atoms with Crippen LogP contribution in [0.1, 0.15) is 21.6 Å². The summed E-state index contributed by atoms with van der Waals surface area (Å²) >= 11 is 0. The zero-order valence-electron chi connectivity index (χ0n) is 17.1. The molecule has 0 unspecified atom stereocenters. The van der Waals surface area contributed by atoms with Crippen molar-refractivity contribution in [3.63, 3.8) is 0 Å². The average Bonchev–Trinajstić information content (AvgIpc) is 3.48. The lowest BCUT2D eigenvalue weighted by molar-refractivity contribution is 0.104. The van der Waals surface area contributed by atoms with Crippen molar-refractivity contribution in [2.24, 2.45) is 0 Å². The molecule has 0 fully saturated rings. The maximum atomic E-state index is 13.2. The van der Waals surface area contributed by atoms with Crippen LogP contribution in [-0.4, -0.2) is 29.7 Å². The normalized spacial score (nSPS) is 11.6. The number of benzene rings is 2. The second-order valence-corrected chi connectivity index (χ2v) is 7.34. The Balaban J connectivity index is 1.54. The minimum absolute atomic E-state index is 0.0897. The Morgan fingerprint density at radius 3 is 2.58 bits per heavy atom. The molecule has 152 valence electrons. The Kier molecular flexibility index (Phi) is 4.59. The largest absolute Gasteiger partial charge is 0.320 e. The summed E-state index contributed by atoms with van der Waals surface area (Å²) in [5.41, 5.74) is 5.90. The minimum Gasteiger partial charge on any atom is -0.320 e. The Morgan fingerprint density at radius 1 is 1.06 bits per heavy atom. The highest BCUT2D eigenvalue weighted by Gasteiger charge is 2.21. The number of aryl methyl sites for hydroxylation is 1. The third-order valence-corrected chi connectivity index (χ3v) is 5.30. The molecule has 0 bridgehead atoms. The van der Waals surface area contributed by atoms with Gasteiger partial charge >= 0.3 is 0 Å². The molecule has 0 saturated carbocycles. The van der Waals surface area contributed by atoms with E-state index in [9.17, 15) is 4.79 Å². The van der Waals surface area contributed by atoms with Crippen LogP contribution in [0, 0.1) is 6.92 Å². The van der Waals surface area contributed by atoms with Gasteiger partial charge < -0.3 is 4.57 Å². The van der Waals surface area contributed by atoms with Crippen LogP contribution in [0.15, 0.2) is 85.7 Å². The van der Waals surface area contributed by atoms with Gasteiger partial charge in [-0.05, 0) is 43.3 Å². The van der Waals surface area contributed by atoms with E-state index >= 15 is 0 Å². The lowest BCUT2D eigenvalue weighted by Crippen LogP contribution is -2.02. The predicted molar refractivity (Wildman–Crippen MR) is 123 cm³/mol. The van der Waals surface area contributed by atoms with E-state index in [2.05, 4.69) is 21.3 Å². The van der Waals surface area contributed by atoms with Crippen molar-refractivity contribution in [2.45, 2.75) is 13.5 Å². The number of carbonyl (C=O) groups excluding carboxylic acids is 1. The van der Waals surface area contributed by atoms with E-state index in [0.717, 1.165) is 27.9 Å². The van der Waals surface area contributed by atoms with Gasteiger partial charge in [0.2, 0.25) is 0 Å². The molecule has 0 amide bonds. The fraction of sp³-hybridized carbons (Fsp3) is 0.0800. The van der Waals surface area contributed by atoms with Gasteiger partial charge in [-0.2, -0.15) is 10.2 Å². The third kappa shape index (κ3) is 3.18. The molecule has 5 aromatic rings. The molecule has 6 nitrogen and oxygen atoms in total. The third-order valence-electron chi connectivity index (χ3n) is 5.30. The number of hydrogen-bond donors (Lipinski definition) is 0. The van der Waals surface area contributed by atoms with Gasteiger partial charge in [0.05, 0.1) is 34.2 Å². The average molecular weight is 407 g/mol. The van der Waals surface area contributed by atoms with Crippen molar-refractivity contribution < 1.29 is 4.79 Å². The van der Waals surface area contributed by atoms with Crippen LogP contribution in [0.4, 0.5) is 0 Å². The summed E-state index contributed by atoms with van der Waals surface area (Å²) < 4.78 is 5.72. The van der Waals surface area contributed by atoms with Gasteiger partial charge in [-0.1, -0.05) is 36.4 Å². The number of nitrogens with zero attached hydrogens (tertiary/aromatic N) is 5. The fourth-order valence-electron chi connectivity index (χ4n) is 3.92. The van der Waals surface area contributed by atoms with E-state index in [1.54, 1.807) is 23.0 Å². The van der Waals surface area contributed by atoms with Gasteiger partial charge in [0.25, 0.3) is 0 Å². The first-order valence-corrected chi connectivity index (χ1v) is 10.1. The van der Waals surface area contributed by atoms with Gasteiger partial charge in [0.1, 0.15) is 5.65 Å². The molecule has 5 rings (SSSR count). The number of para-hydroxylation sites is 3. The van der Waals surface area contributed by atoms with Crippen LogP contribution in [-0.2, 0) is 6.54 Å². The van der Waals surface area contributed by atoms with Gasteiger partial charge in [-0.3, -0.25) is 4.79 Å². The Bertz CT molecular complexity index is 1450. The van der Waals surface area contributed by atoms with Crippen LogP contribution >= 0.6 is 0 Å². The molecule has 6 heteroatoms. The van der Waals surface area contributed by atoms with Crippen LogP contribution in [0.3, 0.4) is 0 Å². The first-order chi connectivity index (χ1) is 15.2. The minimum atomic E-state index is -0.0897. The number of hydrogen-bond acceptors (Lipinski definition) is 3. The number of imidazole rings is 1. The quantitative estimate of drug-likeness (QED) is 0.229. The van der Waals surface area contributed by atoms with Crippen molar-refractivity contribution >= 4 is 28.5 Å². The van der Waals surface area contributed by atoms with E-state index in [0.29, 0.717) is 17.8 Å². The summed E-state index contributed by atoms with van der Waals surface area (Å²) in [5.74, 6) is -0.0897. The number of aromatic nitrogens is 5. The molecular formula is C25H21N5O. The second kappa shape index (κ2) is 7.57. The number of carbonyl (C=O) groups is 1. The highest BCUT2D eigenvalue weighted by molar-refractivity contribution is 6.12. The van der Waals surface area contributed by atoms with Gasteiger partial charge in [0, 0.05) is 18.3 Å². The maximum absolute atomic E-state index is 13.2. The fourth-order valence-corrected chi connectivity index (χ4v) is 3.92. The molecule has 3 aromatic heterocycles. The van der Waals surface area contributed by atoms with E-state index < -0.39 is 0 Å². The monoisotopic (exact) mass is 407 g/mol. The highest BCUT2D eigenvalue weighted by atomic mass is 16.1. The molecule has 0 atom stereocenters. The molecule has 0 aliphatic rings. The zero-order chi connectivity index (χ0) is 21.4. The summed E-state index contributed by atoms with van der Waals surface area (Å²) in [5, 5.41) is 9.04. The van der Waals surface area contributed by atoms with E-state index in [-0.39, 0.29) is 5.78 Å². The predicted octanol–water partition coefficient (Wildman–Crippen LogP) is 4.87. The number of ketones is 1. The van der Waals surface area contributed by atoms with Crippen LogP contribution < -0.4 is 0 Å². The van der Waals surface area contributed by atoms with E-state index in [1.165, 1.54) is 0 Å². The lowest BCUT2D eigenvalue weighted by Gasteiger charge is -2.03. The molecule has 31 heavy (non-hydrogen) atoms. The first kappa shape index (κ1) is 18.8. The first-order valence-electron chi connectivity index (χ1n) is 10.1. The molecule has 3 heterocycles. The Morgan fingerprint density at radius 2 is 1.81 bits per heavy atom. The second-order valence-electron chi connectivity index (χ2n) is 7.34. The highest BCUT2D eigenvalue weighted by Crippen LogP contribution is 2.26. The van der Waals surface area contributed by atoms with E-state index in [1.807, 2.05) is 78.3 Å². The summed E-state index contributed by atoms with van der Waals surface area (Å²) in [4.78, 5) is 13.2. The number of rotatable bonds is 6. The van der Waals surface area contributed by atoms with Crippen molar-refractivity contribution in [1.29, 1.82) is 0 Å². The molecule has 0 N–H and O–H groups in total. The maximum Gasteiger partial charge on any atom is 0.191 e. The lowest BCUT2D eigenvalue weighted by atomic mass is 10.1. The van der Waals surface area contributed by atoms with Crippen molar-refractivity contribution in [1.82, 2.24) is 24.0 Å². The molecule has 2 aromatic carbocycles. The smallest absolute Gasteiger partial charge is 0.191 e. The summed E-state index contributed by atoms with van der Waals surface area (Å²) in [6.07, 6.45) is 8.85. The van der Waals surface area contributed by atoms with Crippen LogP contribution in [0.25, 0.3) is 28.4 Å². The van der Waals surface area contributed by atoms with Crippen LogP contribution in [0.2, 0.25) is 0 Å². The van der Waals surface area contributed by atoms with Crippen LogP contribution in [0.5, 0.6) is 0 Å². The van der Waals surface area contributed by atoms with Gasteiger partial charge in [-0.25, -0.2) is 9.20 Å². The number of fused-ring (bicyclic) bond motifs is 3. The van der Waals surface area contributed by atoms with Crippen molar-refractivity contribution in [2.75, 3.05) is 0 Å². The van der Waals surface area contributed by atoms with Crippen molar-refractivity contribution in [3.05, 3.63) is 103 Å². The topological polar surface area (TPSA) is 57.1 Å². The standard InChI is InChI=1S/C25H21N5O/c1-3-15-28-21-11-7-8-12-22(21)30-25(28)24(18(2)27-30)23(31)14-13-19-16-26-29(17-19)20-9-5-4-6-10-20/h3-14,16-17H,1,15H2,2H3. The number of allylic oxidation sites excluding steroid dienone is 2. The summed E-state index contributed by atoms with van der Waals surface area (Å²) in [7, 11) is 0. The van der Waals surface area contributed by atoms with E-state index in [4.69, 9.17) is 0 Å². The Labute approximate surface area is 179 Å². The Hall–Kier alpha value is -4.19. The molecule has 0 saturated heterocycles. The zero-order valence-corrected chi connectivity index (χ0v) is 17.1. The molecular weight excluding hydrogens is 386 g/mol. The SMILES string of the molecule is C=CCn1c2ccccc2n2nc(C)c(C(=O)C=Cc3cnn(-c4ccccc4)c3)c12. The molecule has 0 aliphatic carbocycles. The van der Waals surface area contributed by atoms with Gasteiger partial charge in [-0.15, -0.1) is 6.58 Å². The molecule has 0 aliphatic heterocycles. The van der Waals surface area contributed by atoms with Crippen molar-refractivity contribution in [3.8, 4) is 5.69 Å². The summed E-state index contributed by atoms with van der Waals surface area (Å²) in [6, 6.07) is 17.9.